The van der Waals surface area contributed by atoms with E-state index in [0.29, 0.717) is 11.3 Å². The van der Waals surface area contributed by atoms with Crippen LogP contribution in [0.4, 0.5) is 5.69 Å². The molecule has 3 rings (SSSR count). The van der Waals surface area contributed by atoms with E-state index in [9.17, 15) is 4.79 Å². The van der Waals surface area contributed by atoms with Crippen LogP contribution in [0.5, 0.6) is 0 Å². The van der Waals surface area contributed by atoms with Gasteiger partial charge in [-0.25, -0.2) is 0 Å². The zero-order valence-corrected chi connectivity index (χ0v) is 10.1. The van der Waals surface area contributed by atoms with Gasteiger partial charge in [-0.05, 0) is 30.2 Å². The summed E-state index contributed by atoms with van der Waals surface area (Å²) in [6, 6.07) is 13.4. The molecule has 2 aromatic rings. The Morgan fingerprint density at radius 1 is 1.11 bits per heavy atom. The van der Waals surface area contributed by atoms with E-state index in [-0.39, 0.29) is 11.9 Å². The van der Waals surface area contributed by atoms with Crippen molar-refractivity contribution in [2.45, 2.75) is 13.0 Å². The summed E-state index contributed by atoms with van der Waals surface area (Å²) < 4.78 is 0. The highest BCUT2D eigenvalue weighted by Crippen LogP contribution is 2.35. The van der Waals surface area contributed by atoms with Crippen LogP contribution in [0.15, 0.2) is 42.5 Å². The van der Waals surface area contributed by atoms with Crippen LogP contribution in [0.3, 0.4) is 0 Å². The fourth-order valence-electron chi connectivity index (χ4n) is 2.53. The Hall–Kier alpha value is -2.29. The lowest BCUT2D eigenvalue weighted by Crippen LogP contribution is -2.20. The minimum atomic E-state index is -0.130. The number of nitrogen functional groups attached to an aromatic ring is 1. The fraction of sp³-hybridized carbons (Fsp3) is 0.133. The molecule has 18 heavy (non-hydrogen) atoms. The van der Waals surface area contributed by atoms with Crippen LogP contribution in [0, 0.1) is 6.92 Å². The molecule has 1 heterocycles. The summed E-state index contributed by atoms with van der Waals surface area (Å²) in [6.45, 7) is 2.04. The van der Waals surface area contributed by atoms with Crippen LogP contribution in [-0.2, 0) is 0 Å². The highest BCUT2D eigenvalue weighted by molar-refractivity contribution is 6.01. The second-order valence-electron chi connectivity index (χ2n) is 4.57. The molecular weight excluding hydrogens is 224 g/mol. The average molecular weight is 238 g/mol. The fourth-order valence-corrected chi connectivity index (χ4v) is 2.53. The van der Waals surface area contributed by atoms with Gasteiger partial charge in [0.25, 0.3) is 5.91 Å². The van der Waals surface area contributed by atoms with E-state index in [1.165, 1.54) is 0 Å². The minimum absolute atomic E-state index is 0.0504. The Morgan fingerprint density at radius 2 is 1.89 bits per heavy atom. The number of fused-ring (bicyclic) bond motifs is 1. The molecule has 0 fully saturated rings. The van der Waals surface area contributed by atoms with Crippen LogP contribution >= 0.6 is 0 Å². The predicted octanol–water partition coefficient (Wildman–Crippen LogP) is 2.41. The number of benzene rings is 2. The number of hydrogen-bond acceptors (Lipinski definition) is 2. The summed E-state index contributed by atoms with van der Waals surface area (Å²) >= 11 is 0. The molecule has 0 radical (unpaired) electrons. The summed E-state index contributed by atoms with van der Waals surface area (Å²) in [5.41, 5.74) is 10.5. The van der Waals surface area contributed by atoms with Crippen LogP contribution in [0.2, 0.25) is 0 Å². The molecule has 90 valence electrons. The second kappa shape index (κ2) is 3.88. The van der Waals surface area contributed by atoms with Crippen molar-refractivity contribution >= 4 is 11.6 Å². The van der Waals surface area contributed by atoms with Crippen molar-refractivity contribution < 1.29 is 4.79 Å². The molecule has 3 heteroatoms. The Kier molecular flexibility index (Phi) is 2.33. The Balaban J connectivity index is 2.19. The monoisotopic (exact) mass is 238 g/mol. The highest BCUT2D eigenvalue weighted by atomic mass is 16.2. The minimum Gasteiger partial charge on any atom is -0.398 e. The molecule has 2 aromatic carbocycles. The maximum atomic E-state index is 11.9. The van der Waals surface area contributed by atoms with E-state index >= 15 is 0 Å². The molecule has 0 aromatic heterocycles. The number of hydrogen-bond donors (Lipinski definition) is 2. The van der Waals surface area contributed by atoms with Gasteiger partial charge >= 0.3 is 0 Å². The number of carbonyl (C=O) groups is 1. The molecule has 1 amide bonds. The molecule has 1 aliphatic heterocycles. The number of carbonyl (C=O) groups excluding carboxylic acids is 1. The molecule has 1 atom stereocenters. The van der Waals surface area contributed by atoms with Gasteiger partial charge in [0, 0.05) is 16.8 Å². The van der Waals surface area contributed by atoms with Crippen molar-refractivity contribution in [1.82, 2.24) is 5.32 Å². The first-order valence-corrected chi connectivity index (χ1v) is 5.93. The van der Waals surface area contributed by atoms with Crippen molar-refractivity contribution in [2.24, 2.45) is 0 Å². The van der Waals surface area contributed by atoms with Crippen molar-refractivity contribution in [3.05, 3.63) is 64.7 Å². The molecular formula is C15H14N2O. The van der Waals surface area contributed by atoms with Gasteiger partial charge in [-0.3, -0.25) is 4.79 Å². The average Bonchev–Trinajstić information content (AvgIpc) is 2.69. The molecule has 0 spiro atoms. The Morgan fingerprint density at radius 3 is 2.67 bits per heavy atom. The van der Waals surface area contributed by atoms with Gasteiger partial charge < -0.3 is 11.1 Å². The molecule has 0 saturated heterocycles. The smallest absolute Gasteiger partial charge is 0.252 e. The lowest BCUT2D eigenvalue weighted by molar-refractivity contribution is 0.0960. The van der Waals surface area contributed by atoms with E-state index in [0.717, 1.165) is 16.7 Å². The third-order valence-electron chi connectivity index (χ3n) is 3.45. The van der Waals surface area contributed by atoms with Gasteiger partial charge in [0.1, 0.15) is 0 Å². The number of aryl methyl sites for hydroxylation is 1. The van der Waals surface area contributed by atoms with E-state index in [2.05, 4.69) is 5.32 Å². The maximum absolute atomic E-state index is 11.9. The molecule has 1 aliphatic rings. The Bertz CT molecular complexity index is 634. The van der Waals surface area contributed by atoms with Gasteiger partial charge in [-0.15, -0.1) is 0 Å². The van der Waals surface area contributed by atoms with Crippen LogP contribution in [0.25, 0.3) is 0 Å². The highest BCUT2D eigenvalue weighted by Gasteiger charge is 2.31. The quantitative estimate of drug-likeness (QED) is 0.749. The van der Waals surface area contributed by atoms with Gasteiger partial charge in [0.05, 0.1) is 6.04 Å². The van der Waals surface area contributed by atoms with Crippen molar-refractivity contribution in [1.29, 1.82) is 0 Å². The van der Waals surface area contributed by atoms with Gasteiger partial charge in [0.2, 0.25) is 0 Å². The summed E-state index contributed by atoms with van der Waals surface area (Å²) in [5.74, 6) is -0.0504. The summed E-state index contributed by atoms with van der Waals surface area (Å²) in [5, 5.41) is 3.00. The molecule has 3 nitrogen and oxygen atoms in total. The van der Waals surface area contributed by atoms with Gasteiger partial charge in [-0.2, -0.15) is 0 Å². The van der Waals surface area contributed by atoms with Crippen molar-refractivity contribution in [2.75, 3.05) is 5.73 Å². The van der Waals surface area contributed by atoms with Gasteiger partial charge in [0.15, 0.2) is 0 Å². The zero-order chi connectivity index (χ0) is 12.7. The first kappa shape index (κ1) is 10.8. The number of amides is 1. The number of anilines is 1. The SMILES string of the molecule is Cc1ccccc1C1NC(=O)c2cccc(N)c21. The third kappa shape index (κ3) is 1.48. The van der Waals surface area contributed by atoms with Crippen molar-refractivity contribution in [3.8, 4) is 0 Å². The van der Waals surface area contributed by atoms with Crippen LogP contribution in [0.1, 0.15) is 33.1 Å². The summed E-state index contributed by atoms with van der Waals surface area (Å²) in [6.07, 6.45) is 0. The predicted molar refractivity (Wildman–Crippen MR) is 71.3 cm³/mol. The standard InChI is InChI=1S/C15H14N2O/c1-9-5-2-3-6-10(9)14-13-11(15(18)17-14)7-4-8-12(13)16/h2-8,14H,16H2,1H3,(H,17,18). The lowest BCUT2D eigenvalue weighted by Gasteiger charge is -2.16. The molecule has 1 unspecified atom stereocenters. The Labute approximate surface area is 106 Å². The second-order valence-corrected chi connectivity index (χ2v) is 4.57. The summed E-state index contributed by atoms with van der Waals surface area (Å²) in [7, 11) is 0. The number of rotatable bonds is 1. The molecule has 0 bridgehead atoms. The van der Waals surface area contributed by atoms with E-state index in [1.807, 2.05) is 49.4 Å². The molecule has 0 aliphatic carbocycles. The van der Waals surface area contributed by atoms with Crippen molar-refractivity contribution in [3.63, 3.8) is 0 Å². The van der Waals surface area contributed by atoms with E-state index < -0.39 is 0 Å². The first-order chi connectivity index (χ1) is 8.68. The lowest BCUT2D eigenvalue weighted by atomic mass is 9.94. The topological polar surface area (TPSA) is 55.1 Å². The number of nitrogens with one attached hydrogen (secondary N) is 1. The third-order valence-corrected chi connectivity index (χ3v) is 3.45. The number of nitrogens with two attached hydrogens (primary N) is 1. The largest absolute Gasteiger partial charge is 0.398 e. The van der Waals surface area contributed by atoms with Crippen LogP contribution < -0.4 is 11.1 Å². The molecule has 0 saturated carbocycles. The molecule has 3 N–H and O–H groups in total. The maximum Gasteiger partial charge on any atom is 0.252 e. The van der Waals surface area contributed by atoms with Gasteiger partial charge in [-0.1, -0.05) is 30.3 Å². The van der Waals surface area contributed by atoms with E-state index in [4.69, 9.17) is 5.73 Å². The normalized spacial score (nSPS) is 17.4. The zero-order valence-electron chi connectivity index (χ0n) is 10.1. The summed E-state index contributed by atoms with van der Waals surface area (Å²) in [4.78, 5) is 11.9. The first-order valence-electron chi connectivity index (χ1n) is 5.93. The van der Waals surface area contributed by atoms with Crippen LogP contribution in [-0.4, -0.2) is 5.91 Å². The van der Waals surface area contributed by atoms with E-state index in [1.54, 1.807) is 0 Å².